The van der Waals surface area contributed by atoms with Crippen LogP contribution in [0.2, 0.25) is 0 Å². The Labute approximate surface area is 175 Å². The molecule has 1 heterocycles. The van der Waals surface area contributed by atoms with Gasteiger partial charge in [0.25, 0.3) is 0 Å². The lowest BCUT2D eigenvalue weighted by Gasteiger charge is -2.41. The second-order valence-corrected chi connectivity index (χ2v) is 8.52. The Morgan fingerprint density at radius 2 is 2.03 bits per heavy atom. The van der Waals surface area contributed by atoms with Crippen LogP contribution in [0, 0.1) is 5.92 Å². The number of primary amides is 1. The van der Waals surface area contributed by atoms with Gasteiger partial charge in [0.05, 0.1) is 12.5 Å². The van der Waals surface area contributed by atoms with Gasteiger partial charge >= 0.3 is 0 Å². The maximum Gasteiger partial charge on any atom is 0.221 e. The smallest absolute Gasteiger partial charge is 0.221 e. The van der Waals surface area contributed by atoms with Crippen molar-refractivity contribution in [3.05, 3.63) is 35.9 Å². The second kappa shape index (κ2) is 10.6. The Morgan fingerprint density at radius 3 is 2.69 bits per heavy atom. The summed E-state index contributed by atoms with van der Waals surface area (Å²) in [4.78, 5) is 18.7. The quantitative estimate of drug-likeness (QED) is 0.338. The molecule has 6 heteroatoms. The fourth-order valence-corrected chi connectivity index (χ4v) is 4.51. The Balaban J connectivity index is 1.46. The maximum absolute atomic E-state index is 11.4. The molecule has 1 aliphatic carbocycles. The van der Waals surface area contributed by atoms with E-state index >= 15 is 0 Å². The molecule has 1 aromatic rings. The zero-order valence-corrected chi connectivity index (χ0v) is 17.8. The summed E-state index contributed by atoms with van der Waals surface area (Å²) < 4.78 is 0. The van der Waals surface area contributed by atoms with E-state index in [4.69, 9.17) is 10.7 Å². The highest BCUT2D eigenvalue weighted by Gasteiger charge is 2.38. The van der Waals surface area contributed by atoms with Gasteiger partial charge in [-0.2, -0.15) is 0 Å². The number of hydrogen-bond donors (Lipinski definition) is 3. The highest BCUT2D eigenvalue weighted by atomic mass is 16.1. The Hall–Kier alpha value is -2.08. The minimum atomic E-state index is -0.155. The van der Waals surface area contributed by atoms with Crippen molar-refractivity contribution in [2.24, 2.45) is 16.6 Å². The van der Waals surface area contributed by atoms with Crippen molar-refractivity contribution in [3.63, 3.8) is 0 Å². The van der Waals surface area contributed by atoms with Gasteiger partial charge in [-0.1, -0.05) is 36.8 Å². The largest absolute Gasteiger partial charge is 0.369 e. The monoisotopic (exact) mass is 399 g/mol. The fourth-order valence-electron chi connectivity index (χ4n) is 4.51. The molecule has 2 aliphatic rings. The van der Waals surface area contributed by atoms with E-state index in [0.29, 0.717) is 0 Å². The normalized spacial score (nSPS) is 22.0. The van der Waals surface area contributed by atoms with E-state index < -0.39 is 0 Å². The molecule has 0 radical (unpaired) electrons. The summed E-state index contributed by atoms with van der Waals surface area (Å²) in [6.45, 7) is 7.53. The second-order valence-electron chi connectivity index (χ2n) is 8.52. The molecule has 1 saturated carbocycles. The van der Waals surface area contributed by atoms with Crippen LogP contribution >= 0.6 is 0 Å². The molecule has 6 nitrogen and oxygen atoms in total. The molecule has 1 amide bonds. The number of carbonyl (C=O) groups excluding carboxylic acids is 1. The number of carbonyl (C=O) groups is 1. The van der Waals surface area contributed by atoms with Crippen LogP contribution in [0.15, 0.2) is 35.3 Å². The van der Waals surface area contributed by atoms with E-state index in [1.165, 1.54) is 24.8 Å². The summed E-state index contributed by atoms with van der Waals surface area (Å²) in [6, 6.07) is 10.8. The summed E-state index contributed by atoms with van der Waals surface area (Å²) in [5.41, 5.74) is 7.11. The molecule has 0 aromatic heterocycles. The van der Waals surface area contributed by atoms with Crippen molar-refractivity contribution in [1.82, 2.24) is 15.5 Å². The zero-order valence-electron chi connectivity index (χ0n) is 17.8. The summed E-state index contributed by atoms with van der Waals surface area (Å²) in [5, 5.41) is 6.87. The van der Waals surface area contributed by atoms with Crippen LogP contribution in [-0.2, 0) is 10.2 Å². The molecular weight excluding hydrogens is 362 g/mol. The lowest BCUT2D eigenvalue weighted by Crippen LogP contribution is -2.43. The third kappa shape index (κ3) is 5.95. The van der Waals surface area contributed by atoms with Gasteiger partial charge < -0.3 is 21.3 Å². The highest BCUT2D eigenvalue weighted by Crippen LogP contribution is 2.43. The molecule has 4 N–H and O–H groups in total. The van der Waals surface area contributed by atoms with E-state index in [1.807, 2.05) is 0 Å². The van der Waals surface area contributed by atoms with E-state index in [-0.39, 0.29) is 17.2 Å². The van der Waals surface area contributed by atoms with Crippen molar-refractivity contribution in [2.75, 3.05) is 39.3 Å². The molecule has 3 rings (SSSR count). The molecule has 1 aliphatic heterocycles. The van der Waals surface area contributed by atoms with Crippen LogP contribution < -0.4 is 16.4 Å². The van der Waals surface area contributed by atoms with Crippen LogP contribution in [0.5, 0.6) is 0 Å². The van der Waals surface area contributed by atoms with Crippen LogP contribution in [0.1, 0.15) is 51.0 Å². The average Bonchev–Trinajstić information content (AvgIpc) is 2.71. The summed E-state index contributed by atoms with van der Waals surface area (Å²) in [6.07, 6.45) is 6.75. The predicted octanol–water partition coefficient (Wildman–Crippen LogP) is 2.25. The number of aliphatic imine (C=N–C) groups is 1. The van der Waals surface area contributed by atoms with Crippen molar-refractivity contribution >= 4 is 11.9 Å². The molecule has 2 fully saturated rings. The van der Waals surface area contributed by atoms with E-state index in [2.05, 4.69) is 52.8 Å². The number of benzene rings is 1. The van der Waals surface area contributed by atoms with E-state index in [0.717, 1.165) is 64.5 Å². The SMILES string of the molecule is CCNC(=NCC1(c2ccccc2)CCC1)NCCCN1CCCC(C(N)=O)C1. The number of likely N-dealkylation sites (tertiary alicyclic amines) is 1. The van der Waals surface area contributed by atoms with Crippen LogP contribution in [0.3, 0.4) is 0 Å². The number of nitrogens with two attached hydrogens (primary N) is 1. The number of amides is 1. The summed E-state index contributed by atoms with van der Waals surface area (Å²) >= 11 is 0. The first-order chi connectivity index (χ1) is 14.1. The molecule has 1 atom stereocenters. The van der Waals surface area contributed by atoms with Crippen LogP contribution in [0.4, 0.5) is 0 Å². The molecule has 1 saturated heterocycles. The van der Waals surface area contributed by atoms with Crippen molar-refractivity contribution in [1.29, 1.82) is 0 Å². The van der Waals surface area contributed by atoms with E-state index in [1.54, 1.807) is 0 Å². The van der Waals surface area contributed by atoms with Gasteiger partial charge in [-0.05, 0) is 57.7 Å². The zero-order chi connectivity index (χ0) is 20.5. The Morgan fingerprint density at radius 1 is 1.24 bits per heavy atom. The number of hydrogen-bond acceptors (Lipinski definition) is 3. The minimum absolute atomic E-state index is 0.0206. The molecule has 0 bridgehead atoms. The van der Waals surface area contributed by atoms with Crippen LogP contribution in [-0.4, -0.2) is 56.0 Å². The molecule has 1 aromatic carbocycles. The first-order valence-electron chi connectivity index (χ1n) is 11.2. The first-order valence-corrected chi connectivity index (χ1v) is 11.2. The third-order valence-corrected chi connectivity index (χ3v) is 6.43. The van der Waals surface area contributed by atoms with Gasteiger partial charge in [0.15, 0.2) is 5.96 Å². The molecular formula is C23H37N5O. The first kappa shape index (κ1) is 21.6. The lowest BCUT2D eigenvalue weighted by molar-refractivity contribution is -0.123. The fraction of sp³-hybridized carbons (Fsp3) is 0.652. The maximum atomic E-state index is 11.4. The van der Waals surface area contributed by atoms with Gasteiger partial charge in [-0.3, -0.25) is 9.79 Å². The minimum Gasteiger partial charge on any atom is -0.369 e. The summed E-state index contributed by atoms with van der Waals surface area (Å²) in [7, 11) is 0. The van der Waals surface area contributed by atoms with Gasteiger partial charge in [0, 0.05) is 25.0 Å². The summed E-state index contributed by atoms with van der Waals surface area (Å²) in [5.74, 6) is 0.772. The van der Waals surface area contributed by atoms with Crippen molar-refractivity contribution in [2.45, 2.75) is 50.9 Å². The number of piperidine rings is 1. The van der Waals surface area contributed by atoms with Gasteiger partial charge in [-0.15, -0.1) is 0 Å². The number of nitrogens with one attached hydrogen (secondary N) is 2. The van der Waals surface area contributed by atoms with Gasteiger partial charge in [-0.25, -0.2) is 0 Å². The predicted molar refractivity (Wildman–Crippen MR) is 119 cm³/mol. The Bertz CT molecular complexity index is 671. The third-order valence-electron chi connectivity index (χ3n) is 6.43. The topological polar surface area (TPSA) is 82.8 Å². The van der Waals surface area contributed by atoms with Crippen molar-refractivity contribution in [3.8, 4) is 0 Å². The van der Waals surface area contributed by atoms with E-state index in [9.17, 15) is 4.79 Å². The number of guanidine groups is 1. The van der Waals surface area contributed by atoms with Gasteiger partial charge in [0.1, 0.15) is 0 Å². The lowest BCUT2D eigenvalue weighted by atomic mass is 9.64. The highest BCUT2D eigenvalue weighted by molar-refractivity contribution is 5.79. The molecule has 1 unspecified atom stereocenters. The standard InChI is InChI=1S/C23H37N5O/c1-2-25-22(26-14-8-16-28-15-6-9-19(17-28)21(24)29)27-18-23(12-7-13-23)20-10-4-3-5-11-20/h3-5,10-11,19H,2,6-9,12-18H2,1H3,(H2,24,29)(H2,25,26,27). The van der Waals surface area contributed by atoms with Crippen LogP contribution in [0.25, 0.3) is 0 Å². The van der Waals surface area contributed by atoms with Crippen molar-refractivity contribution < 1.29 is 4.79 Å². The number of nitrogens with zero attached hydrogens (tertiary/aromatic N) is 2. The number of rotatable bonds is 9. The van der Waals surface area contributed by atoms with Gasteiger partial charge in [0.2, 0.25) is 5.91 Å². The molecule has 160 valence electrons. The Kier molecular flexibility index (Phi) is 7.92. The average molecular weight is 400 g/mol. The molecule has 0 spiro atoms. The molecule has 29 heavy (non-hydrogen) atoms.